The van der Waals surface area contributed by atoms with Crippen molar-refractivity contribution in [3.8, 4) is 0 Å². The predicted octanol–water partition coefficient (Wildman–Crippen LogP) is 0.817. The fourth-order valence-electron chi connectivity index (χ4n) is 1.54. The van der Waals surface area contributed by atoms with E-state index in [1.54, 1.807) is 0 Å². The van der Waals surface area contributed by atoms with Crippen LogP contribution < -0.4 is 0 Å². The van der Waals surface area contributed by atoms with Crippen LogP contribution >= 0.6 is 0 Å². The molecule has 0 aromatic heterocycles. The summed E-state index contributed by atoms with van der Waals surface area (Å²) >= 11 is 0. The van der Waals surface area contributed by atoms with Gasteiger partial charge < -0.3 is 4.90 Å². The molecule has 0 aromatic rings. The van der Waals surface area contributed by atoms with Crippen LogP contribution in [-0.4, -0.2) is 45.6 Å². The maximum absolute atomic E-state index is 11.7. The largest absolute Gasteiger partial charge is 0.300 e. The van der Waals surface area contributed by atoms with E-state index in [1.807, 2.05) is 0 Å². The zero-order valence-electron chi connectivity index (χ0n) is 8.08. The minimum absolute atomic E-state index is 0.582. The summed E-state index contributed by atoms with van der Waals surface area (Å²) in [5.41, 5.74) is 0. The maximum Gasteiger partial charge on any atom is 0.0286 e. The molecule has 1 heterocycles. The molecule has 1 unspecified atom stereocenters. The third-order valence-corrected chi connectivity index (χ3v) is 4.40. The molecule has 12 heavy (non-hydrogen) atoms. The molecule has 3 heteroatoms. The molecule has 2 nitrogen and oxygen atoms in total. The summed E-state index contributed by atoms with van der Waals surface area (Å²) < 4.78 is 11.7. The zero-order valence-corrected chi connectivity index (χ0v) is 8.90. The van der Waals surface area contributed by atoms with Crippen LogP contribution in [-0.2, 0) is 9.52 Å². The average Bonchev–Trinajstić information content (AvgIpc) is 2.10. The molecule has 0 spiro atoms. The summed E-state index contributed by atoms with van der Waals surface area (Å²) in [7, 11) is -1.73. The molecular formula is C9H19NOS. The fourth-order valence-corrected chi connectivity index (χ4v) is 2.97. The van der Waals surface area contributed by atoms with E-state index >= 15 is 0 Å². The smallest absolute Gasteiger partial charge is 0.0286 e. The first-order valence-corrected chi connectivity index (χ1v) is 6.64. The van der Waals surface area contributed by atoms with E-state index in [0.29, 0.717) is 6.04 Å². The van der Waals surface area contributed by atoms with Gasteiger partial charge in [-0.05, 0) is 42.2 Å². The molecule has 0 saturated carbocycles. The molecule has 1 saturated heterocycles. The van der Waals surface area contributed by atoms with Crippen molar-refractivity contribution in [3.63, 3.8) is 0 Å². The van der Waals surface area contributed by atoms with Gasteiger partial charge in [-0.25, -0.2) is 0 Å². The first-order chi connectivity index (χ1) is 5.51. The van der Waals surface area contributed by atoms with E-state index in [4.69, 9.17) is 0 Å². The van der Waals surface area contributed by atoms with Crippen LogP contribution in [0.1, 0.15) is 20.3 Å². The lowest BCUT2D eigenvalue weighted by atomic mass is 10.3. The van der Waals surface area contributed by atoms with Gasteiger partial charge in [0.2, 0.25) is 0 Å². The van der Waals surface area contributed by atoms with Crippen molar-refractivity contribution in [3.05, 3.63) is 0 Å². The molecule has 0 aromatic carbocycles. The van der Waals surface area contributed by atoms with E-state index in [0.717, 1.165) is 31.0 Å². The van der Waals surface area contributed by atoms with E-state index < -0.39 is 9.52 Å². The van der Waals surface area contributed by atoms with Gasteiger partial charge in [0.1, 0.15) is 0 Å². The standard InChI is InChI=1S/C9H19NOS/c1-9(2)10-5-4-7-12(3,11)8-6-10/h9H,3-8H2,1-2H3. The molecule has 1 atom stereocenters. The lowest BCUT2D eigenvalue weighted by Crippen LogP contribution is -2.33. The first-order valence-electron chi connectivity index (χ1n) is 4.58. The van der Waals surface area contributed by atoms with Crippen LogP contribution in [0.4, 0.5) is 0 Å². The van der Waals surface area contributed by atoms with Gasteiger partial charge in [-0.2, -0.15) is 0 Å². The Kier molecular flexibility index (Phi) is 3.18. The van der Waals surface area contributed by atoms with Crippen molar-refractivity contribution in [2.24, 2.45) is 0 Å². The zero-order chi connectivity index (χ0) is 9.19. The van der Waals surface area contributed by atoms with E-state index in [-0.39, 0.29) is 0 Å². The molecule has 0 radical (unpaired) electrons. The Labute approximate surface area is 76.0 Å². The van der Waals surface area contributed by atoms with Crippen LogP contribution in [0, 0.1) is 0 Å². The van der Waals surface area contributed by atoms with Crippen molar-refractivity contribution in [2.45, 2.75) is 26.3 Å². The molecule has 1 aliphatic rings. The molecule has 0 aliphatic carbocycles. The second kappa shape index (κ2) is 3.79. The summed E-state index contributed by atoms with van der Waals surface area (Å²) in [6, 6.07) is 0.582. The van der Waals surface area contributed by atoms with Gasteiger partial charge in [0.25, 0.3) is 0 Å². The monoisotopic (exact) mass is 189 g/mol. The van der Waals surface area contributed by atoms with Gasteiger partial charge in [-0.1, -0.05) is 0 Å². The van der Waals surface area contributed by atoms with Crippen molar-refractivity contribution in [1.29, 1.82) is 0 Å². The normalized spacial score (nSPS) is 33.6. The van der Waals surface area contributed by atoms with Gasteiger partial charge >= 0.3 is 0 Å². The van der Waals surface area contributed by atoms with E-state index in [9.17, 15) is 4.21 Å². The Morgan fingerprint density at radius 2 is 2.00 bits per heavy atom. The second-order valence-electron chi connectivity index (χ2n) is 3.86. The Balaban J connectivity index is 2.56. The molecule has 0 bridgehead atoms. The van der Waals surface area contributed by atoms with Gasteiger partial charge in [0, 0.05) is 24.1 Å². The van der Waals surface area contributed by atoms with Crippen molar-refractivity contribution in [1.82, 2.24) is 4.90 Å². The van der Waals surface area contributed by atoms with E-state index in [1.165, 1.54) is 0 Å². The highest BCUT2D eigenvalue weighted by Crippen LogP contribution is 2.07. The van der Waals surface area contributed by atoms with Crippen molar-refractivity contribution < 1.29 is 4.21 Å². The quantitative estimate of drug-likeness (QED) is 0.569. The van der Waals surface area contributed by atoms with Crippen LogP contribution in [0.5, 0.6) is 0 Å². The van der Waals surface area contributed by atoms with Gasteiger partial charge in [0.05, 0.1) is 0 Å². The van der Waals surface area contributed by atoms with Gasteiger partial charge in [-0.15, -0.1) is 0 Å². The van der Waals surface area contributed by atoms with Crippen LogP contribution in [0.2, 0.25) is 0 Å². The highest BCUT2D eigenvalue weighted by Gasteiger charge is 2.16. The number of rotatable bonds is 1. The summed E-state index contributed by atoms with van der Waals surface area (Å²) in [6.45, 7) is 6.43. The highest BCUT2D eigenvalue weighted by atomic mass is 32.2. The van der Waals surface area contributed by atoms with Crippen LogP contribution in [0.3, 0.4) is 0 Å². The van der Waals surface area contributed by atoms with Crippen molar-refractivity contribution >= 4 is 15.4 Å². The van der Waals surface area contributed by atoms with Crippen LogP contribution in [0.25, 0.3) is 0 Å². The summed E-state index contributed by atoms with van der Waals surface area (Å²) in [6.07, 6.45) is 1.04. The molecule has 0 amide bonds. The lowest BCUT2D eigenvalue weighted by Gasteiger charge is -2.23. The summed E-state index contributed by atoms with van der Waals surface area (Å²) in [4.78, 5) is 2.39. The highest BCUT2D eigenvalue weighted by molar-refractivity contribution is 8.00. The topological polar surface area (TPSA) is 20.3 Å². The molecule has 1 fully saturated rings. The van der Waals surface area contributed by atoms with Gasteiger partial charge in [0.15, 0.2) is 0 Å². The lowest BCUT2D eigenvalue weighted by molar-refractivity contribution is 0.240. The number of hydrogen-bond acceptors (Lipinski definition) is 2. The third kappa shape index (κ3) is 2.79. The Hall–Kier alpha value is -0.0200. The summed E-state index contributed by atoms with van der Waals surface area (Å²) in [5.74, 6) is 5.38. The molecule has 0 N–H and O–H groups in total. The first kappa shape index (κ1) is 10.1. The van der Waals surface area contributed by atoms with Crippen LogP contribution in [0.15, 0.2) is 0 Å². The minimum Gasteiger partial charge on any atom is -0.300 e. The maximum atomic E-state index is 11.7. The minimum atomic E-state index is -1.73. The Bertz CT molecular complexity index is 231. The van der Waals surface area contributed by atoms with Crippen molar-refractivity contribution in [2.75, 3.05) is 24.6 Å². The number of nitrogens with zero attached hydrogens (tertiary/aromatic N) is 1. The SMILES string of the molecule is C=S1(=O)CCCN(C(C)C)CC1. The Morgan fingerprint density at radius 3 is 2.58 bits per heavy atom. The third-order valence-electron chi connectivity index (χ3n) is 2.44. The summed E-state index contributed by atoms with van der Waals surface area (Å²) in [5, 5.41) is 0. The molecule has 72 valence electrons. The average molecular weight is 189 g/mol. The Morgan fingerprint density at radius 1 is 1.33 bits per heavy atom. The van der Waals surface area contributed by atoms with Gasteiger partial charge in [-0.3, -0.25) is 4.21 Å². The molecule has 1 rings (SSSR count). The van der Waals surface area contributed by atoms with E-state index in [2.05, 4.69) is 24.6 Å². The predicted molar refractivity (Wildman–Crippen MR) is 56.3 cm³/mol. The fraction of sp³-hybridized carbons (Fsp3) is 0.889. The molecule has 1 aliphatic heterocycles. The second-order valence-corrected chi connectivity index (χ2v) is 6.61. The molecular weight excluding hydrogens is 170 g/mol. The number of hydrogen-bond donors (Lipinski definition) is 0.